The van der Waals surface area contributed by atoms with Gasteiger partial charge >= 0.3 is 0 Å². The van der Waals surface area contributed by atoms with E-state index in [0.717, 1.165) is 35.4 Å². The van der Waals surface area contributed by atoms with E-state index in [1.165, 1.54) is 0 Å². The summed E-state index contributed by atoms with van der Waals surface area (Å²) in [6.45, 7) is 6.44. The Balaban J connectivity index is 1.51. The third-order valence-electron chi connectivity index (χ3n) is 5.48. The summed E-state index contributed by atoms with van der Waals surface area (Å²) >= 11 is 0. The first kappa shape index (κ1) is 19.0. The van der Waals surface area contributed by atoms with Gasteiger partial charge in [-0.05, 0) is 42.8 Å². The Morgan fingerprint density at radius 3 is 2.52 bits per heavy atom. The van der Waals surface area contributed by atoms with E-state index in [9.17, 15) is 9.59 Å². The Kier molecular flexibility index (Phi) is 4.96. The van der Waals surface area contributed by atoms with Gasteiger partial charge in [0, 0.05) is 62.8 Å². The summed E-state index contributed by atoms with van der Waals surface area (Å²) in [4.78, 5) is 33.0. The van der Waals surface area contributed by atoms with Crippen LogP contribution in [0.5, 0.6) is 0 Å². The number of anilines is 2. The van der Waals surface area contributed by atoms with Crippen molar-refractivity contribution < 1.29 is 9.59 Å². The van der Waals surface area contributed by atoms with E-state index in [1.54, 1.807) is 6.92 Å². The van der Waals surface area contributed by atoms with Crippen LogP contribution < -0.4 is 10.2 Å². The van der Waals surface area contributed by atoms with Gasteiger partial charge in [-0.2, -0.15) is 0 Å². The number of aromatic nitrogens is 2. The molecule has 4 rings (SSSR count). The summed E-state index contributed by atoms with van der Waals surface area (Å²) in [7, 11) is 1.98. The molecule has 3 aromatic rings. The molecule has 1 fully saturated rings. The summed E-state index contributed by atoms with van der Waals surface area (Å²) < 4.78 is 2.02. The predicted molar refractivity (Wildman–Crippen MR) is 114 cm³/mol. The molecule has 2 amide bonds. The highest BCUT2D eigenvalue weighted by Gasteiger charge is 2.21. The molecule has 0 atom stereocenters. The molecular formula is C22H25N5O2. The Morgan fingerprint density at radius 1 is 1.03 bits per heavy atom. The van der Waals surface area contributed by atoms with E-state index < -0.39 is 0 Å². The molecule has 0 aliphatic carbocycles. The fraction of sp³-hybridized carbons (Fsp3) is 0.318. The maximum absolute atomic E-state index is 12.7. The van der Waals surface area contributed by atoms with Crippen LogP contribution in [0.25, 0.3) is 10.9 Å². The van der Waals surface area contributed by atoms with Gasteiger partial charge in [-0.1, -0.05) is 6.07 Å². The van der Waals surface area contributed by atoms with Crippen molar-refractivity contribution in [3.8, 4) is 0 Å². The van der Waals surface area contributed by atoms with Crippen LogP contribution >= 0.6 is 0 Å². The third-order valence-corrected chi connectivity index (χ3v) is 5.48. The largest absolute Gasteiger partial charge is 0.353 e. The van der Waals surface area contributed by atoms with E-state index in [-0.39, 0.29) is 11.8 Å². The first-order valence-corrected chi connectivity index (χ1v) is 9.77. The van der Waals surface area contributed by atoms with Gasteiger partial charge in [0.05, 0.1) is 0 Å². The highest BCUT2D eigenvalue weighted by Crippen LogP contribution is 2.22. The van der Waals surface area contributed by atoms with Crippen molar-refractivity contribution in [1.82, 2.24) is 14.5 Å². The van der Waals surface area contributed by atoms with Crippen LogP contribution in [-0.2, 0) is 11.8 Å². The van der Waals surface area contributed by atoms with Gasteiger partial charge in [-0.15, -0.1) is 0 Å². The quantitative estimate of drug-likeness (QED) is 0.745. The number of rotatable bonds is 3. The molecule has 0 bridgehead atoms. The normalized spacial score (nSPS) is 14.3. The van der Waals surface area contributed by atoms with Crippen molar-refractivity contribution in [2.75, 3.05) is 36.4 Å². The number of benzene rings is 1. The second kappa shape index (κ2) is 7.58. The van der Waals surface area contributed by atoms with Gasteiger partial charge in [-0.3, -0.25) is 9.59 Å². The molecule has 0 saturated carbocycles. The number of carbonyl (C=O) groups is 2. The second-order valence-electron chi connectivity index (χ2n) is 7.48. The van der Waals surface area contributed by atoms with Crippen LogP contribution in [0.4, 0.5) is 11.6 Å². The van der Waals surface area contributed by atoms with Crippen molar-refractivity contribution in [3.63, 3.8) is 0 Å². The standard InChI is InChI=1S/C22H25N5O2/c1-15-4-7-20(23-21(15)27-12-10-26(11-13-27)16(2)28)24-22(29)18-5-6-19-17(14-18)8-9-25(19)3/h4-9,14H,10-13H2,1-3H3,(H,23,24,29). The van der Waals surface area contributed by atoms with Gasteiger partial charge in [0.15, 0.2) is 0 Å². The minimum absolute atomic E-state index is 0.103. The molecule has 1 saturated heterocycles. The number of aryl methyl sites for hydroxylation is 2. The van der Waals surface area contributed by atoms with Crippen molar-refractivity contribution in [1.29, 1.82) is 0 Å². The van der Waals surface area contributed by atoms with Gasteiger partial charge in [-0.25, -0.2) is 4.98 Å². The first-order chi connectivity index (χ1) is 13.9. The lowest BCUT2D eigenvalue weighted by molar-refractivity contribution is -0.129. The average molecular weight is 391 g/mol. The summed E-state index contributed by atoms with van der Waals surface area (Å²) in [5.41, 5.74) is 2.73. The highest BCUT2D eigenvalue weighted by molar-refractivity contribution is 6.06. The van der Waals surface area contributed by atoms with Crippen molar-refractivity contribution in [2.45, 2.75) is 13.8 Å². The molecule has 3 heterocycles. The highest BCUT2D eigenvalue weighted by atomic mass is 16.2. The Labute approximate surface area is 169 Å². The van der Waals surface area contributed by atoms with Crippen molar-refractivity contribution in [3.05, 3.63) is 53.7 Å². The Morgan fingerprint density at radius 2 is 1.79 bits per heavy atom. The number of pyridine rings is 1. The monoisotopic (exact) mass is 391 g/mol. The molecular weight excluding hydrogens is 366 g/mol. The number of hydrogen-bond acceptors (Lipinski definition) is 4. The molecule has 0 unspecified atom stereocenters. The molecule has 1 aromatic carbocycles. The zero-order valence-corrected chi connectivity index (χ0v) is 17.0. The minimum atomic E-state index is -0.181. The Hall–Kier alpha value is -3.35. The molecule has 29 heavy (non-hydrogen) atoms. The lowest BCUT2D eigenvalue weighted by atomic mass is 10.1. The van der Waals surface area contributed by atoms with E-state index >= 15 is 0 Å². The number of nitrogens with zero attached hydrogens (tertiary/aromatic N) is 4. The minimum Gasteiger partial charge on any atom is -0.353 e. The zero-order valence-electron chi connectivity index (χ0n) is 17.0. The van der Waals surface area contributed by atoms with E-state index in [4.69, 9.17) is 0 Å². The van der Waals surface area contributed by atoms with Gasteiger partial charge in [0.1, 0.15) is 11.6 Å². The van der Waals surface area contributed by atoms with E-state index in [2.05, 4.69) is 15.2 Å². The number of fused-ring (bicyclic) bond motifs is 1. The molecule has 150 valence electrons. The van der Waals surface area contributed by atoms with E-state index in [0.29, 0.717) is 24.5 Å². The van der Waals surface area contributed by atoms with Crippen molar-refractivity contribution in [2.24, 2.45) is 7.05 Å². The first-order valence-electron chi connectivity index (χ1n) is 9.77. The molecule has 1 aliphatic rings. The van der Waals surface area contributed by atoms with Crippen LogP contribution in [0, 0.1) is 6.92 Å². The average Bonchev–Trinajstić information content (AvgIpc) is 3.09. The fourth-order valence-electron chi connectivity index (χ4n) is 3.75. The smallest absolute Gasteiger partial charge is 0.256 e. The number of nitrogens with one attached hydrogen (secondary N) is 1. The zero-order chi connectivity index (χ0) is 20.5. The maximum Gasteiger partial charge on any atom is 0.256 e. The van der Waals surface area contributed by atoms with Crippen LogP contribution in [0.2, 0.25) is 0 Å². The summed E-state index contributed by atoms with van der Waals surface area (Å²) in [6.07, 6.45) is 1.98. The van der Waals surface area contributed by atoms with E-state index in [1.807, 2.05) is 66.0 Å². The molecule has 1 aliphatic heterocycles. The molecule has 7 nitrogen and oxygen atoms in total. The fourth-order valence-corrected chi connectivity index (χ4v) is 3.75. The summed E-state index contributed by atoms with van der Waals surface area (Å²) in [5.74, 6) is 1.30. The molecule has 2 aromatic heterocycles. The molecule has 7 heteroatoms. The molecule has 1 N–H and O–H groups in total. The predicted octanol–water partition coefficient (Wildman–Crippen LogP) is 2.80. The van der Waals surface area contributed by atoms with Crippen LogP contribution in [0.15, 0.2) is 42.6 Å². The SMILES string of the molecule is CC(=O)N1CCN(c2nc(NC(=O)c3ccc4c(ccn4C)c3)ccc2C)CC1. The second-order valence-corrected chi connectivity index (χ2v) is 7.48. The van der Waals surface area contributed by atoms with Gasteiger partial charge in [0.2, 0.25) is 5.91 Å². The van der Waals surface area contributed by atoms with Gasteiger partial charge < -0.3 is 19.7 Å². The third kappa shape index (κ3) is 3.81. The van der Waals surface area contributed by atoms with Gasteiger partial charge in [0.25, 0.3) is 5.91 Å². The maximum atomic E-state index is 12.7. The molecule has 0 spiro atoms. The number of hydrogen-bond donors (Lipinski definition) is 1. The molecule has 0 radical (unpaired) electrons. The number of piperazine rings is 1. The Bertz CT molecular complexity index is 1080. The number of carbonyl (C=O) groups excluding carboxylic acids is 2. The lowest BCUT2D eigenvalue weighted by Gasteiger charge is -2.35. The number of amides is 2. The summed E-state index contributed by atoms with van der Waals surface area (Å²) in [5, 5.41) is 3.94. The van der Waals surface area contributed by atoms with Crippen molar-refractivity contribution >= 4 is 34.4 Å². The van der Waals surface area contributed by atoms with Crippen LogP contribution in [0.3, 0.4) is 0 Å². The van der Waals surface area contributed by atoms with Crippen LogP contribution in [0.1, 0.15) is 22.8 Å². The lowest BCUT2D eigenvalue weighted by Crippen LogP contribution is -2.48. The topological polar surface area (TPSA) is 70.5 Å². The van der Waals surface area contributed by atoms with Crippen LogP contribution in [-0.4, -0.2) is 52.4 Å². The summed E-state index contributed by atoms with van der Waals surface area (Å²) in [6, 6.07) is 11.5.